The van der Waals surface area contributed by atoms with Gasteiger partial charge in [0.2, 0.25) is 0 Å². The number of nitrogens with one attached hydrogen (secondary N) is 1. The van der Waals surface area contributed by atoms with Crippen molar-refractivity contribution in [1.29, 1.82) is 5.26 Å². The van der Waals surface area contributed by atoms with Gasteiger partial charge >= 0.3 is 0 Å². The van der Waals surface area contributed by atoms with E-state index in [1.165, 1.54) is 0 Å². The Bertz CT molecular complexity index is 787. The third-order valence-corrected chi connectivity index (χ3v) is 3.99. The lowest BCUT2D eigenvalue weighted by Gasteiger charge is -2.04. The second-order valence-electron chi connectivity index (χ2n) is 4.38. The highest BCUT2D eigenvalue weighted by molar-refractivity contribution is 9.15. The van der Waals surface area contributed by atoms with Crippen molar-refractivity contribution in [2.45, 2.75) is 0 Å². The van der Waals surface area contributed by atoms with Gasteiger partial charge in [0.25, 0.3) is 5.91 Å². The van der Waals surface area contributed by atoms with Crippen molar-refractivity contribution in [2.75, 3.05) is 5.32 Å². The summed E-state index contributed by atoms with van der Waals surface area (Å²) < 4.78 is 0.692. The van der Waals surface area contributed by atoms with Crippen molar-refractivity contribution in [2.24, 2.45) is 0 Å². The van der Waals surface area contributed by atoms with E-state index in [4.69, 9.17) is 5.26 Å². The van der Waals surface area contributed by atoms with Crippen molar-refractivity contribution in [3.63, 3.8) is 0 Å². The summed E-state index contributed by atoms with van der Waals surface area (Å²) in [6, 6.07) is 16.8. The fraction of sp³-hybridized carbons (Fsp3) is 0. The van der Waals surface area contributed by atoms with E-state index in [0.717, 1.165) is 16.8 Å². The quantitative estimate of drug-likeness (QED) is 0.812. The summed E-state index contributed by atoms with van der Waals surface area (Å²) in [6.07, 6.45) is 0. The molecule has 0 unspecified atom stereocenters. The average molecular weight is 325 g/mol. The van der Waals surface area contributed by atoms with Crippen LogP contribution in [-0.4, -0.2) is 5.91 Å². The van der Waals surface area contributed by atoms with E-state index in [1.807, 2.05) is 30.3 Å². The predicted octanol–water partition coefficient (Wildman–Crippen LogP) is 3.77. The molecule has 0 saturated carbocycles. The van der Waals surface area contributed by atoms with E-state index in [2.05, 4.69) is 27.3 Å². The number of amides is 1. The highest BCUT2D eigenvalue weighted by Crippen LogP contribution is 2.39. The molecule has 3 nitrogen and oxygen atoms in total. The molecule has 1 N–H and O–H groups in total. The monoisotopic (exact) mass is 324 g/mol. The first-order chi connectivity index (χ1) is 9.70. The lowest BCUT2D eigenvalue weighted by atomic mass is 10.0. The van der Waals surface area contributed by atoms with Gasteiger partial charge in [-0.3, -0.25) is 4.79 Å². The Balaban J connectivity index is 2.19. The van der Waals surface area contributed by atoms with Gasteiger partial charge in [-0.25, -0.2) is 0 Å². The zero-order valence-electron chi connectivity index (χ0n) is 10.4. The normalized spacial score (nSPS) is 15.3. The first kappa shape index (κ1) is 12.6. The van der Waals surface area contributed by atoms with Crippen molar-refractivity contribution in [1.82, 2.24) is 0 Å². The van der Waals surface area contributed by atoms with Gasteiger partial charge in [-0.2, -0.15) is 5.26 Å². The molecule has 2 aromatic rings. The number of carbonyl (C=O) groups excluding carboxylic acids is 1. The van der Waals surface area contributed by atoms with E-state index in [0.29, 0.717) is 15.6 Å². The van der Waals surface area contributed by atoms with Crippen LogP contribution in [0.5, 0.6) is 0 Å². The number of para-hydroxylation sites is 1. The molecular weight excluding hydrogens is 316 g/mol. The van der Waals surface area contributed by atoms with E-state index in [9.17, 15) is 4.79 Å². The first-order valence-corrected chi connectivity index (χ1v) is 6.81. The van der Waals surface area contributed by atoms with Crippen LogP contribution in [0.1, 0.15) is 16.7 Å². The van der Waals surface area contributed by atoms with Crippen molar-refractivity contribution in [3.05, 3.63) is 65.2 Å². The van der Waals surface area contributed by atoms with Gasteiger partial charge in [-0.05, 0) is 39.7 Å². The van der Waals surface area contributed by atoms with Crippen LogP contribution in [0.15, 0.2) is 48.5 Å². The van der Waals surface area contributed by atoms with Crippen LogP contribution < -0.4 is 5.32 Å². The molecule has 0 aliphatic carbocycles. The molecule has 0 spiro atoms. The van der Waals surface area contributed by atoms with E-state index in [1.54, 1.807) is 18.2 Å². The molecule has 20 heavy (non-hydrogen) atoms. The minimum Gasteiger partial charge on any atom is -0.321 e. The Hall–Kier alpha value is -2.38. The SMILES string of the molecule is N#Cc1cccc(C(Br)=C2C(=O)Nc3ccccc32)c1. The zero-order chi connectivity index (χ0) is 14.1. The lowest BCUT2D eigenvalue weighted by Crippen LogP contribution is -2.04. The Morgan fingerprint density at radius 1 is 1.15 bits per heavy atom. The van der Waals surface area contributed by atoms with Gasteiger partial charge in [0, 0.05) is 15.7 Å². The van der Waals surface area contributed by atoms with Gasteiger partial charge < -0.3 is 5.32 Å². The molecule has 0 radical (unpaired) electrons. The molecule has 0 fully saturated rings. The number of hydrogen-bond donors (Lipinski definition) is 1. The summed E-state index contributed by atoms with van der Waals surface area (Å²) in [7, 11) is 0. The zero-order valence-corrected chi connectivity index (χ0v) is 11.9. The van der Waals surface area contributed by atoms with Crippen molar-refractivity contribution >= 4 is 37.6 Å². The van der Waals surface area contributed by atoms with Crippen LogP contribution in [0, 0.1) is 11.3 Å². The number of hydrogen-bond acceptors (Lipinski definition) is 2. The van der Waals surface area contributed by atoms with E-state index >= 15 is 0 Å². The number of carbonyl (C=O) groups is 1. The van der Waals surface area contributed by atoms with Crippen molar-refractivity contribution < 1.29 is 4.79 Å². The predicted molar refractivity (Wildman–Crippen MR) is 82.0 cm³/mol. The fourth-order valence-corrected chi connectivity index (χ4v) is 2.85. The Kier molecular flexibility index (Phi) is 3.13. The number of halogens is 1. The maximum absolute atomic E-state index is 12.1. The molecule has 0 saturated heterocycles. The Labute approximate surface area is 124 Å². The van der Waals surface area contributed by atoms with Crippen LogP contribution >= 0.6 is 15.9 Å². The highest BCUT2D eigenvalue weighted by Gasteiger charge is 2.26. The molecule has 0 atom stereocenters. The minimum absolute atomic E-state index is 0.138. The molecule has 2 aromatic carbocycles. The Morgan fingerprint density at radius 2 is 1.95 bits per heavy atom. The largest absolute Gasteiger partial charge is 0.321 e. The van der Waals surface area contributed by atoms with Crippen molar-refractivity contribution in [3.8, 4) is 6.07 Å². The number of nitriles is 1. The summed E-state index contributed by atoms with van der Waals surface area (Å²) in [4.78, 5) is 12.1. The number of benzene rings is 2. The Morgan fingerprint density at radius 3 is 2.75 bits per heavy atom. The van der Waals surface area contributed by atoms with Crippen LogP contribution in [-0.2, 0) is 4.79 Å². The van der Waals surface area contributed by atoms with Gasteiger partial charge in [-0.1, -0.05) is 30.3 Å². The number of anilines is 1. The smallest absolute Gasteiger partial charge is 0.257 e. The van der Waals surface area contributed by atoms with Crippen LogP contribution in [0.25, 0.3) is 10.1 Å². The number of fused-ring (bicyclic) bond motifs is 1. The van der Waals surface area contributed by atoms with Crippen LogP contribution in [0.3, 0.4) is 0 Å². The van der Waals surface area contributed by atoms with Gasteiger partial charge in [0.05, 0.1) is 17.2 Å². The third kappa shape index (κ3) is 2.02. The molecule has 4 heteroatoms. The van der Waals surface area contributed by atoms with Gasteiger partial charge in [0.1, 0.15) is 0 Å². The van der Waals surface area contributed by atoms with E-state index < -0.39 is 0 Å². The second kappa shape index (κ2) is 4.95. The second-order valence-corrected chi connectivity index (χ2v) is 5.17. The molecule has 1 aliphatic heterocycles. The summed E-state index contributed by atoms with van der Waals surface area (Å²) in [5.74, 6) is -0.138. The minimum atomic E-state index is -0.138. The molecule has 1 heterocycles. The molecule has 0 bridgehead atoms. The number of rotatable bonds is 1. The fourth-order valence-electron chi connectivity index (χ4n) is 2.20. The topological polar surface area (TPSA) is 52.9 Å². The molecule has 96 valence electrons. The molecule has 1 amide bonds. The summed E-state index contributed by atoms with van der Waals surface area (Å²) >= 11 is 3.50. The van der Waals surface area contributed by atoms with Gasteiger partial charge in [0.15, 0.2) is 0 Å². The molecule has 1 aliphatic rings. The summed E-state index contributed by atoms with van der Waals surface area (Å²) in [5, 5.41) is 11.8. The highest BCUT2D eigenvalue weighted by atomic mass is 79.9. The van der Waals surface area contributed by atoms with Crippen LogP contribution in [0.2, 0.25) is 0 Å². The van der Waals surface area contributed by atoms with Gasteiger partial charge in [-0.15, -0.1) is 0 Å². The third-order valence-electron chi connectivity index (χ3n) is 3.14. The summed E-state index contributed by atoms with van der Waals surface area (Å²) in [5.41, 5.74) is 3.64. The van der Waals surface area contributed by atoms with Crippen LogP contribution in [0.4, 0.5) is 5.69 Å². The lowest BCUT2D eigenvalue weighted by molar-refractivity contribution is -0.110. The maximum atomic E-state index is 12.1. The standard InChI is InChI=1S/C16H9BrN2O/c17-15(11-5-3-4-10(8-11)9-18)14-12-6-1-2-7-13(12)19-16(14)20/h1-8H,(H,19,20). The summed E-state index contributed by atoms with van der Waals surface area (Å²) in [6.45, 7) is 0. The maximum Gasteiger partial charge on any atom is 0.257 e. The number of nitrogens with zero attached hydrogens (tertiary/aromatic N) is 1. The molecular formula is C16H9BrN2O. The van der Waals surface area contributed by atoms with E-state index in [-0.39, 0.29) is 5.91 Å². The molecule has 0 aromatic heterocycles. The first-order valence-electron chi connectivity index (χ1n) is 6.02. The molecule has 3 rings (SSSR count). The average Bonchev–Trinajstić information content (AvgIpc) is 2.82.